The van der Waals surface area contributed by atoms with E-state index >= 15 is 0 Å². The molecular formula is C19H18F3N3O. The fourth-order valence-electron chi connectivity index (χ4n) is 2.67. The van der Waals surface area contributed by atoms with E-state index in [-0.39, 0.29) is 5.69 Å². The van der Waals surface area contributed by atoms with Crippen molar-refractivity contribution in [3.05, 3.63) is 66.1 Å². The lowest BCUT2D eigenvalue weighted by Gasteiger charge is -2.20. The van der Waals surface area contributed by atoms with Crippen LogP contribution in [0.25, 0.3) is 10.9 Å². The molecule has 3 rings (SSSR count). The zero-order valence-corrected chi connectivity index (χ0v) is 14.1. The summed E-state index contributed by atoms with van der Waals surface area (Å²) in [7, 11) is 1.78. The van der Waals surface area contributed by atoms with Crippen LogP contribution < -0.4 is 10.1 Å². The van der Waals surface area contributed by atoms with Gasteiger partial charge >= 0.3 is 6.18 Å². The smallest absolute Gasteiger partial charge is 0.416 e. The number of hydrogen-bond acceptors (Lipinski definition) is 4. The molecule has 2 heterocycles. The van der Waals surface area contributed by atoms with E-state index in [1.165, 1.54) is 6.20 Å². The minimum absolute atomic E-state index is 0.246. The van der Waals surface area contributed by atoms with E-state index in [4.69, 9.17) is 4.74 Å². The summed E-state index contributed by atoms with van der Waals surface area (Å²) in [5.41, 5.74) is 0.269. The number of ether oxygens (including phenoxy) is 1. The number of alkyl halides is 3. The molecule has 0 amide bonds. The lowest BCUT2D eigenvalue weighted by Crippen LogP contribution is -2.18. The zero-order valence-electron chi connectivity index (χ0n) is 14.1. The summed E-state index contributed by atoms with van der Waals surface area (Å²) in [6, 6.07) is 11.1. The maximum absolute atomic E-state index is 13.0. The second-order valence-corrected chi connectivity index (χ2v) is 5.79. The van der Waals surface area contributed by atoms with Crippen molar-refractivity contribution in [2.45, 2.75) is 18.7 Å². The Balaban J connectivity index is 1.96. The summed E-state index contributed by atoms with van der Waals surface area (Å²) in [6.07, 6.45) is -1.72. The van der Waals surface area contributed by atoms with Gasteiger partial charge in [0, 0.05) is 24.2 Å². The third kappa shape index (κ3) is 4.11. The molecule has 4 nitrogen and oxygen atoms in total. The minimum Gasteiger partial charge on any atom is -0.483 e. The molecule has 1 atom stereocenters. The Hall–Kier alpha value is -2.67. The summed E-state index contributed by atoms with van der Waals surface area (Å²) in [6.45, 7) is 0.575. The molecule has 1 N–H and O–H groups in total. The van der Waals surface area contributed by atoms with Crippen LogP contribution in [0, 0.1) is 0 Å². The van der Waals surface area contributed by atoms with Gasteiger partial charge in [-0.1, -0.05) is 6.07 Å². The first-order valence-electron chi connectivity index (χ1n) is 8.17. The molecule has 1 unspecified atom stereocenters. The van der Waals surface area contributed by atoms with Gasteiger partial charge in [-0.25, -0.2) is 0 Å². The maximum atomic E-state index is 13.0. The monoisotopic (exact) mass is 361 g/mol. The summed E-state index contributed by atoms with van der Waals surface area (Å²) >= 11 is 0. The number of nitrogens with zero attached hydrogens (tertiary/aromatic N) is 2. The van der Waals surface area contributed by atoms with Crippen molar-refractivity contribution in [2.75, 3.05) is 13.6 Å². The van der Waals surface area contributed by atoms with Crippen LogP contribution in [-0.2, 0) is 6.18 Å². The second kappa shape index (κ2) is 7.70. The average molecular weight is 361 g/mol. The van der Waals surface area contributed by atoms with Gasteiger partial charge in [-0.05, 0) is 50.0 Å². The van der Waals surface area contributed by atoms with Crippen LogP contribution >= 0.6 is 0 Å². The van der Waals surface area contributed by atoms with Crippen molar-refractivity contribution < 1.29 is 17.9 Å². The number of fused-ring (bicyclic) bond motifs is 1. The first-order chi connectivity index (χ1) is 12.5. The van der Waals surface area contributed by atoms with Gasteiger partial charge in [-0.15, -0.1) is 0 Å². The molecule has 0 fully saturated rings. The first-order valence-corrected chi connectivity index (χ1v) is 8.17. The van der Waals surface area contributed by atoms with Crippen molar-refractivity contribution in [3.63, 3.8) is 0 Å². The molecule has 26 heavy (non-hydrogen) atoms. The Morgan fingerprint density at radius 2 is 1.92 bits per heavy atom. The number of pyridine rings is 2. The predicted octanol–water partition coefficient (Wildman–Crippen LogP) is 4.38. The largest absolute Gasteiger partial charge is 0.483 e. The lowest BCUT2D eigenvalue weighted by molar-refractivity contribution is -0.137. The summed E-state index contributed by atoms with van der Waals surface area (Å²) in [5.74, 6) is 0.566. The van der Waals surface area contributed by atoms with E-state index in [9.17, 15) is 13.2 Å². The van der Waals surface area contributed by atoms with Crippen LogP contribution in [0.15, 0.2) is 54.9 Å². The van der Waals surface area contributed by atoms with Gasteiger partial charge in [0.05, 0.1) is 16.8 Å². The van der Waals surface area contributed by atoms with E-state index in [2.05, 4.69) is 15.3 Å². The minimum atomic E-state index is -4.42. The molecule has 0 saturated heterocycles. The molecule has 0 saturated carbocycles. The topological polar surface area (TPSA) is 47.0 Å². The van der Waals surface area contributed by atoms with E-state index in [1.807, 2.05) is 12.1 Å². The molecule has 0 aliphatic carbocycles. The van der Waals surface area contributed by atoms with Gasteiger partial charge in [0.25, 0.3) is 0 Å². The molecule has 0 spiro atoms. The van der Waals surface area contributed by atoms with E-state index < -0.39 is 17.8 Å². The summed E-state index contributed by atoms with van der Waals surface area (Å²) in [4.78, 5) is 8.39. The molecule has 3 aromatic rings. The van der Waals surface area contributed by atoms with Crippen LogP contribution in [0.3, 0.4) is 0 Å². The standard InChI is InChI=1S/C19H18F3N3O/c1-23-10-8-18(16-12-13(7-11-25-16)19(20,21)22)26-17-6-2-5-15-14(17)4-3-9-24-15/h2-7,9,11-12,18,23H,8,10H2,1H3. The third-order valence-corrected chi connectivity index (χ3v) is 3.97. The van der Waals surface area contributed by atoms with Crippen molar-refractivity contribution in [2.24, 2.45) is 0 Å². The number of rotatable bonds is 6. The summed E-state index contributed by atoms with van der Waals surface area (Å²) in [5, 5.41) is 3.80. The molecule has 7 heteroatoms. The highest BCUT2D eigenvalue weighted by atomic mass is 19.4. The van der Waals surface area contributed by atoms with Crippen LogP contribution in [0.5, 0.6) is 5.75 Å². The Bertz CT molecular complexity index is 878. The Morgan fingerprint density at radius 3 is 2.69 bits per heavy atom. The van der Waals surface area contributed by atoms with Crippen LogP contribution in [0.4, 0.5) is 13.2 Å². The molecule has 0 radical (unpaired) electrons. The molecular weight excluding hydrogens is 343 g/mol. The highest BCUT2D eigenvalue weighted by Crippen LogP contribution is 2.33. The predicted molar refractivity (Wildman–Crippen MR) is 92.9 cm³/mol. The van der Waals surface area contributed by atoms with E-state index in [1.54, 1.807) is 31.4 Å². The van der Waals surface area contributed by atoms with Crippen molar-refractivity contribution >= 4 is 10.9 Å². The SMILES string of the molecule is CNCCC(Oc1cccc2ncccc12)c1cc(C(F)(F)F)ccn1. The summed E-state index contributed by atoms with van der Waals surface area (Å²) < 4.78 is 45.2. The number of benzene rings is 1. The highest BCUT2D eigenvalue weighted by molar-refractivity contribution is 5.84. The van der Waals surface area contributed by atoms with Crippen molar-refractivity contribution in [3.8, 4) is 5.75 Å². The molecule has 0 aliphatic heterocycles. The lowest BCUT2D eigenvalue weighted by atomic mass is 10.1. The highest BCUT2D eigenvalue weighted by Gasteiger charge is 2.31. The molecule has 0 aliphatic rings. The van der Waals surface area contributed by atoms with Gasteiger partial charge in [0.15, 0.2) is 0 Å². The molecule has 1 aromatic carbocycles. The third-order valence-electron chi connectivity index (χ3n) is 3.97. The molecule has 2 aromatic heterocycles. The van der Waals surface area contributed by atoms with Gasteiger partial charge < -0.3 is 10.1 Å². The average Bonchev–Trinajstić information content (AvgIpc) is 2.64. The van der Waals surface area contributed by atoms with Crippen molar-refractivity contribution in [1.29, 1.82) is 0 Å². The van der Waals surface area contributed by atoms with E-state index in [0.717, 1.165) is 23.0 Å². The normalized spacial score (nSPS) is 12.9. The van der Waals surface area contributed by atoms with E-state index in [0.29, 0.717) is 18.7 Å². The molecule has 136 valence electrons. The van der Waals surface area contributed by atoms with Crippen LogP contribution in [-0.4, -0.2) is 23.6 Å². The maximum Gasteiger partial charge on any atom is 0.416 e. The van der Waals surface area contributed by atoms with Gasteiger partial charge in [0.2, 0.25) is 0 Å². The number of aromatic nitrogens is 2. The first kappa shape index (κ1) is 18.1. The van der Waals surface area contributed by atoms with Crippen molar-refractivity contribution in [1.82, 2.24) is 15.3 Å². The Morgan fingerprint density at radius 1 is 1.08 bits per heavy atom. The zero-order chi connectivity index (χ0) is 18.6. The Kier molecular flexibility index (Phi) is 5.37. The van der Waals surface area contributed by atoms with Gasteiger partial charge in [-0.2, -0.15) is 13.2 Å². The van der Waals surface area contributed by atoms with Crippen LogP contribution in [0.1, 0.15) is 23.8 Å². The quantitative estimate of drug-likeness (QED) is 0.708. The molecule has 0 bridgehead atoms. The number of halogens is 3. The number of hydrogen-bond donors (Lipinski definition) is 1. The van der Waals surface area contributed by atoms with Gasteiger partial charge in [0.1, 0.15) is 11.9 Å². The van der Waals surface area contributed by atoms with Gasteiger partial charge in [-0.3, -0.25) is 9.97 Å². The fraction of sp³-hybridized carbons (Fsp3) is 0.263. The number of nitrogens with one attached hydrogen (secondary N) is 1. The second-order valence-electron chi connectivity index (χ2n) is 5.79. The fourth-order valence-corrected chi connectivity index (χ4v) is 2.67. The Labute approximate surface area is 149 Å². The van der Waals surface area contributed by atoms with Crippen LogP contribution in [0.2, 0.25) is 0 Å².